The third-order valence-corrected chi connectivity index (χ3v) is 3.49. The van der Waals surface area contributed by atoms with Crippen molar-refractivity contribution in [2.24, 2.45) is 0 Å². The lowest BCUT2D eigenvalue weighted by atomic mass is 10.1. The number of fused-ring (bicyclic) bond motifs is 1. The fourth-order valence-corrected chi connectivity index (χ4v) is 2.88. The van der Waals surface area contributed by atoms with Crippen LogP contribution in [0.25, 0.3) is 10.9 Å². The van der Waals surface area contributed by atoms with Crippen molar-refractivity contribution in [2.45, 2.75) is 6.61 Å². The molecule has 2 aromatic rings. The molecule has 1 aromatic heterocycles. The molecule has 0 unspecified atom stereocenters. The molecule has 90 valence electrons. The van der Waals surface area contributed by atoms with Crippen molar-refractivity contribution in [3.05, 3.63) is 32.5 Å². The number of methoxy groups -OCH3 is 1. The van der Waals surface area contributed by atoms with Crippen molar-refractivity contribution in [1.82, 2.24) is 4.98 Å². The van der Waals surface area contributed by atoms with Gasteiger partial charge in [0.05, 0.1) is 17.8 Å². The molecule has 1 heterocycles. The van der Waals surface area contributed by atoms with Crippen molar-refractivity contribution in [1.29, 1.82) is 0 Å². The van der Waals surface area contributed by atoms with Crippen LogP contribution in [-0.2, 0) is 11.3 Å². The summed E-state index contributed by atoms with van der Waals surface area (Å²) in [5.41, 5.74) is 2.88. The first-order valence-corrected chi connectivity index (χ1v) is 6.56. The quantitative estimate of drug-likeness (QED) is 0.846. The Hall–Kier alpha value is -0.590. The molecular weight excluding hydrogens is 351 g/mol. The highest BCUT2D eigenvalue weighted by atomic mass is 127. The van der Waals surface area contributed by atoms with E-state index >= 15 is 0 Å². The van der Waals surface area contributed by atoms with Crippen molar-refractivity contribution in [2.75, 3.05) is 19.5 Å². The zero-order valence-corrected chi connectivity index (χ0v) is 12.5. The van der Waals surface area contributed by atoms with Gasteiger partial charge in [-0.25, -0.2) is 4.98 Å². The number of aromatic nitrogens is 1. The lowest BCUT2D eigenvalue weighted by molar-refractivity contribution is 0.182. The molecule has 2 rings (SSSR count). The summed E-state index contributed by atoms with van der Waals surface area (Å²) in [6.45, 7) is 0.503. The highest BCUT2D eigenvalue weighted by Crippen LogP contribution is 2.30. The molecule has 0 saturated carbocycles. The Kier molecular flexibility index (Phi) is 4.06. The van der Waals surface area contributed by atoms with Gasteiger partial charge in [0.15, 0.2) is 0 Å². The number of ether oxygens (including phenoxy) is 1. The van der Waals surface area contributed by atoms with Gasteiger partial charge in [-0.05, 0) is 40.8 Å². The second-order valence-corrected chi connectivity index (χ2v) is 5.23. The Bertz CT molecular complexity index is 560. The third-order valence-electron chi connectivity index (χ3n) is 2.45. The molecule has 0 radical (unpaired) electrons. The van der Waals surface area contributed by atoms with Gasteiger partial charge in [0.2, 0.25) is 0 Å². The Morgan fingerprint density at radius 2 is 2.18 bits per heavy atom. The van der Waals surface area contributed by atoms with Gasteiger partial charge in [-0.3, -0.25) is 0 Å². The van der Waals surface area contributed by atoms with Crippen LogP contribution in [0.5, 0.6) is 0 Å². The zero-order valence-electron chi connectivity index (χ0n) is 9.55. The van der Waals surface area contributed by atoms with Gasteiger partial charge < -0.3 is 10.1 Å². The number of hydrogen-bond acceptors (Lipinski definition) is 3. The van der Waals surface area contributed by atoms with E-state index in [9.17, 15) is 0 Å². The van der Waals surface area contributed by atoms with Gasteiger partial charge in [0, 0.05) is 33.8 Å². The largest absolute Gasteiger partial charge is 0.388 e. The Balaban J connectivity index is 2.73. The van der Waals surface area contributed by atoms with Crippen LogP contribution in [0, 0.1) is 3.57 Å². The Morgan fingerprint density at radius 1 is 1.41 bits per heavy atom. The minimum absolute atomic E-state index is 0.503. The molecule has 0 aliphatic carbocycles. The van der Waals surface area contributed by atoms with Crippen LogP contribution < -0.4 is 5.32 Å². The number of hydrogen-bond donors (Lipinski definition) is 1. The summed E-state index contributed by atoms with van der Waals surface area (Å²) in [6, 6.07) is 5.82. The minimum Gasteiger partial charge on any atom is -0.388 e. The van der Waals surface area contributed by atoms with Gasteiger partial charge in [0.25, 0.3) is 0 Å². The molecule has 0 aliphatic rings. The van der Waals surface area contributed by atoms with Gasteiger partial charge in [-0.1, -0.05) is 11.6 Å². The Labute approximate surface area is 119 Å². The molecule has 0 aliphatic heterocycles. The molecule has 0 saturated heterocycles. The van der Waals surface area contributed by atoms with Crippen LogP contribution in [0.15, 0.2) is 18.2 Å². The van der Waals surface area contributed by atoms with Crippen LogP contribution in [-0.4, -0.2) is 19.1 Å². The van der Waals surface area contributed by atoms with Crippen LogP contribution in [0.2, 0.25) is 5.02 Å². The minimum atomic E-state index is 0.503. The topological polar surface area (TPSA) is 34.1 Å². The summed E-state index contributed by atoms with van der Waals surface area (Å²) in [7, 11) is 3.55. The van der Waals surface area contributed by atoms with Crippen LogP contribution >= 0.6 is 34.2 Å². The van der Waals surface area contributed by atoms with E-state index in [-0.39, 0.29) is 0 Å². The fourth-order valence-electron chi connectivity index (χ4n) is 1.73. The number of nitrogens with zero attached hydrogens (tertiary/aromatic N) is 1. The molecule has 1 aromatic carbocycles. The molecule has 17 heavy (non-hydrogen) atoms. The van der Waals surface area contributed by atoms with E-state index in [1.54, 1.807) is 7.11 Å². The standard InChI is InChI=1S/C12H12ClIN2O/c1-15-11-5-8(6-17-2)16-12-9(11)3-7(13)4-10(12)14/h3-5H,6H2,1-2H3,(H,15,16). The highest BCUT2D eigenvalue weighted by molar-refractivity contribution is 14.1. The van der Waals surface area contributed by atoms with Gasteiger partial charge >= 0.3 is 0 Å². The van der Waals surface area contributed by atoms with Crippen molar-refractivity contribution in [3.63, 3.8) is 0 Å². The van der Waals surface area contributed by atoms with Crippen LogP contribution in [0.3, 0.4) is 0 Å². The van der Waals surface area contributed by atoms with E-state index in [0.29, 0.717) is 6.61 Å². The van der Waals surface area contributed by atoms with Gasteiger partial charge in [-0.2, -0.15) is 0 Å². The summed E-state index contributed by atoms with van der Waals surface area (Å²) in [6.07, 6.45) is 0. The van der Waals surface area contributed by atoms with Gasteiger partial charge in [-0.15, -0.1) is 0 Å². The van der Waals surface area contributed by atoms with Crippen LogP contribution in [0.1, 0.15) is 5.69 Å². The van der Waals surface area contributed by atoms with E-state index in [4.69, 9.17) is 16.3 Å². The molecule has 3 nitrogen and oxygen atoms in total. The normalized spacial score (nSPS) is 10.8. The van der Waals surface area contributed by atoms with E-state index in [2.05, 4.69) is 32.9 Å². The maximum Gasteiger partial charge on any atom is 0.0885 e. The fraction of sp³-hybridized carbons (Fsp3) is 0.250. The molecule has 0 amide bonds. The lowest BCUT2D eigenvalue weighted by Crippen LogP contribution is -1.99. The maximum absolute atomic E-state index is 6.07. The summed E-state index contributed by atoms with van der Waals surface area (Å²) in [5, 5.41) is 4.92. The predicted octanol–water partition coefficient (Wildman–Crippen LogP) is 3.68. The number of anilines is 1. The Morgan fingerprint density at radius 3 is 2.82 bits per heavy atom. The molecule has 5 heteroatoms. The summed E-state index contributed by atoms with van der Waals surface area (Å²) < 4.78 is 6.16. The first kappa shape index (κ1) is 12.9. The van der Waals surface area contributed by atoms with E-state index < -0.39 is 0 Å². The van der Waals surface area contributed by atoms with Crippen LogP contribution in [0.4, 0.5) is 5.69 Å². The average molecular weight is 363 g/mol. The monoisotopic (exact) mass is 362 g/mol. The maximum atomic E-state index is 6.07. The molecule has 0 spiro atoms. The smallest absolute Gasteiger partial charge is 0.0885 e. The number of pyridine rings is 1. The lowest BCUT2D eigenvalue weighted by Gasteiger charge is -2.10. The number of nitrogens with one attached hydrogen (secondary N) is 1. The van der Waals surface area contributed by atoms with Gasteiger partial charge in [0.1, 0.15) is 0 Å². The summed E-state index contributed by atoms with van der Waals surface area (Å²) >= 11 is 8.32. The second kappa shape index (κ2) is 5.37. The van der Waals surface area contributed by atoms with E-state index in [0.717, 1.165) is 30.9 Å². The summed E-state index contributed by atoms with van der Waals surface area (Å²) in [5.74, 6) is 0. The third kappa shape index (κ3) is 2.64. The molecular formula is C12H12ClIN2O. The van der Waals surface area contributed by atoms with E-state index in [1.807, 2.05) is 25.2 Å². The first-order valence-electron chi connectivity index (χ1n) is 5.11. The number of halogens is 2. The molecule has 1 N–H and O–H groups in total. The first-order chi connectivity index (χ1) is 8.15. The number of benzene rings is 1. The number of rotatable bonds is 3. The predicted molar refractivity (Wildman–Crippen MR) is 79.7 cm³/mol. The zero-order chi connectivity index (χ0) is 12.4. The average Bonchev–Trinajstić information content (AvgIpc) is 2.29. The molecule has 0 fully saturated rings. The SMILES string of the molecule is CNc1cc(COC)nc2c(I)cc(Cl)cc12. The second-order valence-electron chi connectivity index (χ2n) is 3.63. The molecule has 0 atom stereocenters. The van der Waals surface area contributed by atoms with Crippen molar-refractivity contribution in [3.8, 4) is 0 Å². The van der Waals surface area contributed by atoms with E-state index in [1.165, 1.54) is 0 Å². The van der Waals surface area contributed by atoms with Crippen molar-refractivity contribution < 1.29 is 4.74 Å². The highest BCUT2D eigenvalue weighted by Gasteiger charge is 2.09. The summed E-state index contributed by atoms with van der Waals surface area (Å²) in [4.78, 5) is 4.58. The van der Waals surface area contributed by atoms with Crippen molar-refractivity contribution >= 4 is 50.8 Å². The molecule has 0 bridgehead atoms.